The fourth-order valence-electron chi connectivity index (χ4n) is 2.68. The molecule has 162 valence electrons. The molecule has 2 aromatic carbocycles. The quantitative estimate of drug-likeness (QED) is 0.192. The number of hydrogen-bond donors (Lipinski definition) is 3. The molecule has 4 N–H and O–H groups in total. The lowest BCUT2D eigenvalue weighted by Gasteiger charge is -2.07. The van der Waals surface area contributed by atoms with Crippen LogP contribution in [0.4, 0.5) is 11.6 Å². The molecule has 0 radical (unpaired) electrons. The molecule has 3 aromatic rings. The summed E-state index contributed by atoms with van der Waals surface area (Å²) in [6.45, 7) is 4.53. The molecular weight excluding hydrogens is 414 g/mol. The largest absolute Gasteiger partial charge is 0.494 e. The molecule has 1 heterocycles. The van der Waals surface area contributed by atoms with Gasteiger partial charge in [0, 0.05) is 5.69 Å². The summed E-state index contributed by atoms with van der Waals surface area (Å²) in [5, 5.41) is 15.6. The van der Waals surface area contributed by atoms with Crippen LogP contribution in [0, 0.1) is 0 Å². The molecule has 0 unspecified atom stereocenters. The molecular formula is C21H25N7O2S. The minimum Gasteiger partial charge on any atom is -0.494 e. The first-order valence-electron chi connectivity index (χ1n) is 9.84. The van der Waals surface area contributed by atoms with Gasteiger partial charge < -0.3 is 15.9 Å². The number of benzene rings is 2. The van der Waals surface area contributed by atoms with E-state index in [1.165, 1.54) is 16.4 Å². The predicted octanol–water partition coefficient (Wildman–Crippen LogP) is 3.35. The standard InChI is InChI=1S/C21H25N7O2S/c1-3-18(15-8-6-5-7-9-15)24-25-20-26-27-21(28(20)22)31-14-19(29)23-16-10-12-17(13-11-16)30-4-2/h5-13H,3-4,14,22H2,1-2H3,(H,23,29)(H,25,26)/b24-18+. The average molecular weight is 440 g/mol. The highest BCUT2D eigenvalue weighted by Crippen LogP contribution is 2.19. The van der Waals surface area contributed by atoms with Crippen molar-refractivity contribution in [3.63, 3.8) is 0 Å². The number of nitrogen functional groups attached to an aromatic ring is 1. The molecule has 0 aliphatic carbocycles. The molecule has 31 heavy (non-hydrogen) atoms. The number of amides is 1. The number of nitrogens with two attached hydrogens (primary N) is 1. The summed E-state index contributed by atoms with van der Waals surface area (Å²) in [5.74, 6) is 7.05. The van der Waals surface area contributed by atoms with Crippen LogP contribution in [0.1, 0.15) is 25.8 Å². The molecule has 0 saturated heterocycles. The maximum absolute atomic E-state index is 12.2. The molecule has 3 rings (SSSR count). The maximum Gasteiger partial charge on any atom is 0.264 e. The molecule has 0 fully saturated rings. The van der Waals surface area contributed by atoms with E-state index in [-0.39, 0.29) is 17.6 Å². The third-order valence-corrected chi connectivity index (χ3v) is 5.12. The van der Waals surface area contributed by atoms with Crippen LogP contribution in [0.3, 0.4) is 0 Å². The number of anilines is 2. The van der Waals surface area contributed by atoms with Gasteiger partial charge in [0.05, 0.1) is 18.1 Å². The summed E-state index contributed by atoms with van der Waals surface area (Å²) in [6.07, 6.45) is 0.739. The number of nitrogens with one attached hydrogen (secondary N) is 2. The third-order valence-electron chi connectivity index (χ3n) is 4.18. The van der Waals surface area contributed by atoms with E-state index in [4.69, 9.17) is 10.6 Å². The van der Waals surface area contributed by atoms with E-state index >= 15 is 0 Å². The average Bonchev–Trinajstić information content (AvgIpc) is 3.14. The molecule has 0 atom stereocenters. The monoisotopic (exact) mass is 439 g/mol. The Morgan fingerprint density at radius 2 is 1.87 bits per heavy atom. The summed E-state index contributed by atoms with van der Waals surface area (Å²) >= 11 is 1.18. The van der Waals surface area contributed by atoms with Crippen LogP contribution in [-0.4, -0.2) is 38.9 Å². The summed E-state index contributed by atoms with van der Waals surface area (Å²) in [7, 11) is 0. The SMILES string of the molecule is CCOc1ccc(NC(=O)CSc2nnc(N/N=C(\CC)c3ccccc3)n2N)cc1. The van der Waals surface area contributed by atoms with Gasteiger partial charge in [-0.1, -0.05) is 49.0 Å². The van der Waals surface area contributed by atoms with Crippen molar-refractivity contribution >= 4 is 35.0 Å². The van der Waals surface area contributed by atoms with Gasteiger partial charge >= 0.3 is 0 Å². The van der Waals surface area contributed by atoms with Crippen LogP contribution in [0.25, 0.3) is 0 Å². The van der Waals surface area contributed by atoms with Crippen molar-refractivity contribution in [2.24, 2.45) is 5.10 Å². The first-order valence-corrected chi connectivity index (χ1v) is 10.8. The molecule has 0 saturated carbocycles. The van der Waals surface area contributed by atoms with Crippen LogP contribution in [0.2, 0.25) is 0 Å². The maximum atomic E-state index is 12.2. The lowest BCUT2D eigenvalue weighted by Crippen LogP contribution is -2.17. The van der Waals surface area contributed by atoms with E-state index in [0.29, 0.717) is 17.5 Å². The van der Waals surface area contributed by atoms with Crippen LogP contribution >= 0.6 is 11.8 Å². The zero-order valence-corrected chi connectivity index (χ0v) is 18.2. The highest BCUT2D eigenvalue weighted by molar-refractivity contribution is 7.99. The van der Waals surface area contributed by atoms with Crippen molar-refractivity contribution in [3.05, 3.63) is 60.2 Å². The molecule has 1 aromatic heterocycles. The molecule has 0 aliphatic heterocycles. The third kappa shape index (κ3) is 6.22. The summed E-state index contributed by atoms with van der Waals surface area (Å²) in [6, 6.07) is 17.0. The van der Waals surface area contributed by atoms with Crippen molar-refractivity contribution in [1.82, 2.24) is 14.9 Å². The Labute approximate surface area is 185 Å². The van der Waals surface area contributed by atoms with Crippen LogP contribution in [0.15, 0.2) is 64.9 Å². The molecule has 1 amide bonds. The van der Waals surface area contributed by atoms with Gasteiger partial charge in [0.1, 0.15) is 5.75 Å². The number of thioether (sulfide) groups is 1. The molecule has 0 bridgehead atoms. The number of hydrazone groups is 1. The Morgan fingerprint density at radius 1 is 1.13 bits per heavy atom. The van der Waals surface area contributed by atoms with E-state index in [9.17, 15) is 4.79 Å². The fraction of sp³-hybridized carbons (Fsp3) is 0.238. The lowest BCUT2D eigenvalue weighted by atomic mass is 10.1. The van der Waals surface area contributed by atoms with Crippen molar-refractivity contribution in [2.45, 2.75) is 25.4 Å². The highest BCUT2D eigenvalue weighted by Gasteiger charge is 2.12. The Bertz CT molecular complexity index is 1020. The molecule has 9 nitrogen and oxygen atoms in total. The van der Waals surface area contributed by atoms with Gasteiger partial charge in [0.2, 0.25) is 11.1 Å². The predicted molar refractivity (Wildman–Crippen MR) is 124 cm³/mol. The smallest absolute Gasteiger partial charge is 0.264 e. The van der Waals surface area contributed by atoms with E-state index < -0.39 is 0 Å². The number of ether oxygens (including phenoxy) is 1. The van der Waals surface area contributed by atoms with Crippen LogP contribution in [-0.2, 0) is 4.79 Å². The number of carbonyl (C=O) groups excluding carboxylic acids is 1. The van der Waals surface area contributed by atoms with Gasteiger partial charge in [-0.2, -0.15) is 5.10 Å². The van der Waals surface area contributed by atoms with Gasteiger partial charge in [0.15, 0.2) is 0 Å². The number of hydrogen-bond acceptors (Lipinski definition) is 8. The van der Waals surface area contributed by atoms with Crippen molar-refractivity contribution in [3.8, 4) is 5.75 Å². The summed E-state index contributed by atoms with van der Waals surface area (Å²) < 4.78 is 6.66. The lowest BCUT2D eigenvalue weighted by molar-refractivity contribution is -0.113. The van der Waals surface area contributed by atoms with E-state index in [2.05, 4.69) is 26.0 Å². The van der Waals surface area contributed by atoms with Gasteiger partial charge in [-0.15, -0.1) is 10.2 Å². The highest BCUT2D eigenvalue weighted by atomic mass is 32.2. The van der Waals surface area contributed by atoms with Crippen LogP contribution in [0.5, 0.6) is 5.75 Å². The van der Waals surface area contributed by atoms with E-state index in [1.54, 1.807) is 24.3 Å². The zero-order chi connectivity index (χ0) is 22.1. The van der Waals surface area contributed by atoms with Crippen molar-refractivity contribution in [2.75, 3.05) is 28.9 Å². The number of nitrogens with zero attached hydrogens (tertiary/aromatic N) is 4. The Morgan fingerprint density at radius 3 is 2.55 bits per heavy atom. The number of aromatic nitrogens is 3. The van der Waals surface area contributed by atoms with Gasteiger partial charge in [0.25, 0.3) is 5.95 Å². The van der Waals surface area contributed by atoms with Crippen LogP contribution < -0.4 is 21.3 Å². The summed E-state index contributed by atoms with van der Waals surface area (Å²) in [5.41, 5.74) is 5.42. The first kappa shape index (κ1) is 22.2. The Balaban J connectivity index is 1.55. The zero-order valence-electron chi connectivity index (χ0n) is 17.4. The fourth-order valence-corrected chi connectivity index (χ4v) is 3.33. The Hall–Kier alpha value is -3.53. The van der Waals surface area contributed by atoms with Gasteiger partial charge in [-0.05, 0) is 43.2 Å². The number of rotatable bonds is 10. The minimum absolute atomic E-state index is 0.135. The molecule has 10 heteroatoms. The van der Waals surface area contributed by atoms with E-state index in [0.717, 1.165) is 23.4 Å². The van der Waals surface area contributed by atoms with E-state index in [1.807, 2.05) is 44.2 Å². The number of carbonyl (C=O) groups is 1. The minimum atomic E-state index is -0.179. The second kappa shape index (κ2) is 11.0. The van der Waals surface area contributed by atoms with Crippen molar-refractivity contribution in [1.29, 1.82) is 0 Å². The van der Waals surface area contributed by atoms with Crippen molar-refractivity contribution < 1.29 is 9.53 Å². The van der Waals surface area contributed by atoms with Gasteiger partial charge in [-0.3, -0.25) is 4.79 Å². The normalized spacial score (nSPS) is 11.2. The van der Waals surface area contributed by atoms with Gasteiger partial charge in [-0.25, -0.2) is 10.1 Å². The first-order chi connectivity index (χ1) is 15.1. The summed E-state index contributed by atoms with van der Waals surface area (Å²) in [4.78, 5) is 12.2. The second-order valence-corrected chi connectivity index (χ2v) is 7.30. The molecule has 0 aliphatic rings. The molecule has 0 spiro atoms. The topological polar surface area (TPSA) is 119 Å². The second-order valence-electron chi connectivity index (χ2n) is 6.36. The Kier molecular flexibility index (Phi) is 7.88.